The molecule has 11 heteroatoms. The van der Waals surface area contributed by atoms with E-state index in [-0.39, 0.29) is 13.2 Å². The van der Waals surface area contributed by atoms with Crippen molar-refractivity contribution in [2.45, 2.75) is 25.7 Å². The maximum absolute atomic E-state index is 12.0. The van der Waals surface area contributed by atoms with Gasteiger partial charge in [-0.05, 0) is 0 Å². The molecule has 0 saturated carbocycles. The van der Waals surface area contributed by atoms with Crippen LogP contribution in [0.2, 0.25) is 0 Å². The molecule has 0 aliphatic heterocycles. The molecule has 0 fully saturated rings. The Morgan fingerprint density at radius 2 is 0.576 bits per heavy atom. The summed E-state index contributed by atoms with van der Waals surface area (Å²) in [5.41, 5.74) is 0. The van der Waals surface area contributed by atoms with Crippen molar-refractivity contribution in [3.8, 4) is 0 Å². The molecule has 196 valence electrons. The number of aliphatic hydroxyl groups is 2. The van der Waals surface area contributed by atoms with Crippen LogP contribution in [0.25, 0.3) is 0 Å². The molecule has 0 aliphatic carbocycles. The minimum Gasteiger partial charge on any atom is -0.396 e. The number of hydrogen-bond acceptors (Lipinski definition) is 11. The van der Waals surface area contributed by atoms with Crippen LogP contribution in [0.3, 0.4) is 0 Å². The van der Waals surface area contributed by atoms with Gasteiger partial charge in [-0.1, -0.05) is 0 Å². The molecule has 0 aromatic carbocycles. The number of aliphatic hydroxyl groups excluding tert-OH is 2. The van der Waals surface area contributed by atoms with E-state index >= 15 is 0 Å². The number of thioether (sulfide) groups is 7. The van der Waals surface area contributed by atoms with Gasteiger partial charge in [0.1, 0.15) is 11.6 Å². The first-order chi connectivity index (χ1) is 16.2. The molecule has 0 atom stereocenters. The second-order valence-electron chi connectivity index (χ2n) is 6.81. The monoisotopic (exact) mass is 594 g/mol. The van der Waals surface area contributed by atoms with Gasteiger partial charge < -0.3 is 10.2 Å². The predicted octanol–water partition coefficient (Wildman–Crippen LogP) is 4.80. The maximum Gasteiger partial charge on any atom is 0.134 e. The van der Waals surface area contributed by atoms with Gasteiger partial charge in [0.15, 0.2) is 0 Å². The van der Waals surface area contributed by atoms with Crippen molar-refractivity contribution in [2.24, 2.45) is 0 Å². The van der Waals surface area contributed by atoms with E-state index < -0.39 is 0 Å². The largest absolute Gasteiger partial charge is 0.396 e. The van der Waals surface area contributed by atoms with Gasteiger partial charge in [0.25, 0.3) is 0 Å². The minimum absolute atomic E-state index is 0.267. The van der Waals surface area contributed by atoms with Crippen molar-refractivity contribution in [1.82, 2.24) is 0 Å². The normalized spacial score (nSPS) is 11.2. The van der Waals surface area contributed by atoms with Gasteiger partial charge in [-0.25, -0.2) is 0 Å². The Hall–Kier alpha value is 1.71. The third-order valence-electron chi connectivity index (χ3n) is 4.06. The number of hydrogen-bond donors (Lipinski definition) is 2. The van der Waals surface area contributed by atoms with E-state index in [1.54, 1.807) is 35.3 Å². The zero-order valence-electron chi connectivity index (χ0n) is 19.7. The molecule has 0 saturated heterocycles. The molecule has 0 rings (SSSR count). The third kappa shape index (κ3) is 29.8. The van der Waals surface area contributed by atoms with Gasteiger partial charge in [-0.3, -0.25) is 9.59 Å². The summed E-state index contributed by atoms with van der Waals surface area (Å²) in [6.07, 6.45) is 2.58. The first-order valence-corrected chi connectivity index (χ1v) is 19.6. The smallest absolute Gasteiger partial charge is 0.134 e. The van der Waals surface area contributed by atoms with Crippen LogP contribution < -0.4 is 0 Å². The lowest BCUT2D eigenvalue weighted by Crippen LogP contribution is -2.04. The summed E-state index contributed by atoms with van der Waals surface area (Å²) in [6, 6.07) is 0. The fourth-order valence-electron chi connectivity index (χ4n) is 2.31. The van der Waals surface area contributed by atoms with Gasteiger partial charge in [0, 0.05) is 106 Å². The van der Waals surface area contributed by atoms with Crippen LogP contribution in [0.5, 0.6) is 0 Å². The molecule has 33 heavy (non-hydrogen) atoms. The average molecular weight is 595 g/mol. The SMILES string of the molecule is O=C(CCSCCSCCSCCO)CCSCCC(=O)CCSCCSCCSCCO. The number of carbonyl (C=O) groups excluding carboxylic acids is 2. The number of carbonyl (C=O) groups is 2. The molecule has 0 spiro atoms. The molecular weight excluding hydrogens is 553 g/mol. The van der Waals surface area contributed by atoms with Gasteiger partial charge >= 0.3 is 0 Å². The highest BCUT2D eigenvalue weighted by atomic mass is 32.2. The van der Waals surface area contributed by atoms with E-state index in [0.29, 0.717) is 37.2 Å². The van der Waals surface area contributed by atoms with Crippen LogP contribution in [-0.4, -0.2) is 116 Å². The average Bonchev–Trinajstić information content (AvgIpc) is 2.81. The summed E-state index contributed by atoms with van der Waals surface area (Å²) in [7, 11) is 0. The van der Waals surface area contributed by atoms with Gasteiger partial charge in [0.2, 0.25) is 0 Å². The van der Waals surface area contributed by atoms with Crippen LogP contribution in [0.15, 0.2) is 0 Å². The van der Waals surface area contributed by atoms with Crippen LogP contribution in [-0.2, 0) is 9.59 Å². The fourth-order valence-corrected chi connectivity index (χ4v) is 9.26. The van der Waals surface area contributed by atoms with Gasteiger partial charge in [-0.15, -0.1) is 0 Å². The molecule has 0 amide bonds. The summed E-state index contributed by atoms with van der Waals surface area (Å²) >= 11 is 12.9. The molecule has 0 aromatic rings. The van der Waals surface area contributed by atoms with Crippen LogP contribution >= 0.6 is 82.3 Å². The first kappa shape index (κ1) is 34.7. The van der Waals surface area contributed by atoms with E-state index in [0.717, 1.165) is 80.5 Å². The van der Waals surface area contributed by atoms with Crippen LogP contribution in [0.4, 0.5) is 0 Å². The van der Waals surface area contributed by atoms with Crippen molar-refractivity contribution in [3.63, 3.8) is 0 Å². The lowest BCUT2D eigenvalue weighted by atomic mass is 10.2. The van der Waals surface area contributed by atoms with Gasteiger partial charge in [-0.2, -0.15) is 82.3 Å². The van der Waals surface area contributed by atoms with Crippen molar-refractivity contribution >= 4 is 93.9 Å². The van der Waals surface area contributed by atoms with E-state index in [1.165, 1.54) is 0 Å². The molecule has 0 heterocycles. The molecular formula is C22H42O4S7. The molecule has 0 bridgehead atoms. The summed E-state index contributed by atoms with van der Waals surface area (Å²) in [6.45, 7) is 0.534. The van der Waals surface area contributed by atoms with Crippen LogP contribution in [0, 0.1) is 0 Å². The number of Topliss-reactive ketones (excluding diaryl/α,β-unsaturated/α-hetero) is 2. The van der Waals surface area contributed by atoms with E-state index in [1.807, 2.05) is 47.0 Å². The van der Waals surface area contributed by atoms with E-state index in [2.05, 4.69) is 0 Å². The van der Waals surface area contributed by atoms with Crippen molar-refractivity contribution in [2.75, 3.05) is 93.8 Å². The summed E-state index contributed by atoms with van der Waals surface area (Å²) < 4.78 is 0. The highest BCUT2D eigenvalue weighted by Gasteiger charge is 2.05. The Morgan fingerprint density at radius 3 is 0.848 bits per heavy atom. The lowest BCUT2D eigenvalue weighted by molar-refractivity contribution is -0.119. The Balaban J connectivity index is 3.28. The predicted molar refractivity (Wildman–Crippen MR) is 164 cm³/mol. The summed E-state index contributed by atoms with van der Waals surface area (Å²) in [4.78, 5) is 23.9. The fraction of sp³-hybridized carbons (Fsp3) is 0.909. The molecule has 0 radical (unpaired) electrons. The van der Waals surface area contributed by atoms with E-state index in [4.69, 9.17) is 10.2 Å². The Bertz CT molecular complexity index is 407. The van der Waals surface area contributed by atoms with Crippen molar-refractivity contribution in [1.29, 1.82) is 0 Å². The minimum atomic E-state index is 0.267. The highest BCUT2D eigenvalue weighted by molar-refractivity contribution is 8.05. The second-order valence-corrected chi connectivity index (χ2v) is 15.4. The number of rotatable bonds is 28. The Kier molecular flexibility index (Phi) is 31.5. The molecule has 0 unspecified atom stereocenters. The zero-order chi connectivity index (χ0) is 24.2. The summed E-state index contributed by atoms with van der Waals surface area (Å²) in [5.74, 6) is 14.8. The quantitative estimate of drug-likeness (QED) is 0.123. The standard InChI is InChI=1S/C22H42O4S7/c23-5-11-30-15-19-32-17-13-28-9-3-21(25)1-7-27-8-2-22(26)4-10-29-14-18-33-20-16-31-12-6-24/h23-24H,1-20H2. The molecule has 2 N–H and O–H groups in total. The van der Waals surface area contributed by atoms with E-state index in [9.17, 15) is 9.59 Å². The van der Waals surface area contributed by atoms with Crippen LogP contribution in [0.1, 0.15) is 25.7 Å². The first-order valence-electron chi connectivity index (χ1n) is 11.5. The molecule has 0 aromatic heterocycles. The van der Waals surface area contributed by atoms with Crippen molar-refractivity contribution < 1.29 is 19.8 Å². The topological polar surface area (TPSA) is 74.6 Å². The second kappa shape index (κ2) is 29.9. The maximum atomic E-state index is 12.0. The highest BCUT2D eigenvalue weighted by Crippen LogP contribution is 2.14. The zero-order valence-corrected chi connectivity index (χ0v) is 25.4. The summed E-state index contributed by atoms with van der Waals surface area (Å²) in [5, 5.41) is 17.4. The Labute approximate surface area is 231 Å². The van der Waals surface area contributed by atoms with Crippen molar-refractivity contribution in [3.05, 3.63) is 0 Å². The van der Waals surface area contributed by atoms with Gasteiger partial charge in [0.05, 0.1) is 13.2 Å². The molecule has 4 nitrogen and oxygen atoms in total. The molecule has 0 aliphatic rings. The Morgan fingerprint density at radius 1 is 0.364 bits per heavy atom. The third-order valence-corrected chi connectivity index (χ3v) is 12.0. The number of ketones is 2. The lowest BCUT2D eigenvalue weighted by Gasteiger charge is -2.04.